The normalized spacial score (nSPS) is 20.5. The second kappa shape index (κ2) is 3.66. The molecule has 1 atom stereocenters. The van der Waals surface area contributed by atoms with Gasteiger partial charge < -0.3 is 11.1 Å². The van der Waals surface area contributed by atoms with Gasteiger partial charge in [-0.2, -0.15) is 0 Å². The van der Waals surface area contributed by atoms with Crippen molar-refractivity contribution in [2.75, 3.05) is 11.1 Å². The van der Waals surface area contributed by atoms with Crippen molar-refractivity contribution in [2.45, 2.75) is 25.3 Å². The Labute approximate surface area is 104 Å². The van der Waals surface area contributed by atoms with Gasteiger partial charge in [-0.15, -0.1) is 0 Å². The summed E-state index contributed by atoms with van der Waals surface area (Å²) < 4.78 is 0. The van der Waals surface area contributed by atoms with E-state index in [0.717, 1.165) is 11.3 Å². The Hall–Kier alpha value is -1.69. The van der Waals surface area contributed by atoms with Gasteiger partial charge in [0.15, 0.2) is 0 Å². The maximum absolute atomic E-state index is 10.9. The highest BCUT2D eigenvalue weighted by Gasteiger charge is 2.39. The van der Waals surface area contributed by atoms with E-state index in [1.807, 2.05) is 13.8 Å². The van der Waals surface area contributed by atoms with E-state index in [9.17, 15) is 10.1 Å². The third-order valence-electron chi connectivity index (χ3n) is 3.28. The molecule has 0 spiro atoms. The van der Waals surface area contributed by atoms with Crippen molar-refractivity contribution in [3.63, 3.8) is 0 Å². The van der Waals surface area contributed by atoms with Crippen LogP contribution in [0, 0.1) is 10.1 Å². The van der Waals surface area contributed by atoms with E-state index in [1.165, 1.54) is 6.07 Å². The minimum atomic E-state index is -0.462. The number of benzene rings is 1. The van der Waals surface area contributed by atoms with Crippen molar-refractivity contribution in [3.05, 3.63) is 27.8 Å². The number of nitrogen functional groups attached to an aromatic ring is 1. The largest absolute Gasteiger partial charge is 0.393 e. The lowest BCUT2D eigenvalue weighted by Crippen LogP contribution is -2.33. The first-order chi connectivity index (χ1) is 7.87. The molecule has 17 heavy (non-hydrogen) atoms. The van der Waals surface area contributed by atoms with E-state index in [-0.39, 0.29) is 22.8 Å². The highest BCUT2D eigenvalue weighted by atomic mass is 32.1. The molecular formula is C11H13N3O2S. The monoisotopic (exact) mass is 251 g/mol. The Morgan fingerprint density at radius 1 is 1.59 bits per heavy atom. The molecule has 90 valence electrons. The summed E-state index contributed by atoms with van der Waals surface area (Å²) in [6.45, 7) is 4.00. The van der Waals surface area contributed by atoms with E-state index in [2.05, 4.69) is 5.32 Å². The van der Waals surface area contributed by atoms with E-state index in [4.69, 9.17) is 18.0 Å². The van der Waals surface area contributed by atoms with Crippen LogP contribution in [0.4, 0.5) is 17.1 Å². The van der Waals surface area contributed by atoms with Gasteiger partial charge in [0.1, 0.15) is 5.69 Å². The van der Waals surface area contributed by atoms with E-state index < -0.39 is 4.92 Å². The topological polar surface area (TPSA) is 81.2 Å². The number of nitro benzene ring substituents is 1. The number of anilines is 2. The van der Waals surface area contributed by atoms with Gasteiger partial charge in [-0.1, -0.05) is 26.1 Å². The van der Waals surface area contributed by atoms with Crippen LogP contribution >= 0.6 is 12.2 Å². The molecule has 1 aliphatic heterocycles. The Bertz CT molecular complexity index is 514. The van der Waals surface area contributed by atoms with Crippen LogP contribution in [0.3, 0.4) is 0 Å². The predicted octanol–water partition coefficient (Wildman–Crippen LogP) is 2.25. The standard InChI is InChI=1S/C11H13N3O2S/c1-11(2)6-3-9(14(15)16)7(12)4-8(6)13-10(11)5-17/h3-5,10,13H,12H2,1-2H3. The Kier molecular flexibility index (Phi) is 2.54. The molecule has 6 heteroatoms. The number of fused-ring (bicyclic) bond motifs is 1. The molecule has 0 radical (unpaired) electrons. The predicted molar refractivity (Wildman–Crippen MR) is 71.6 cm³/mol. The zero-order chi connectivity index (χ0) is 12.8. The summed E-state index contributed by atoms with van der Waals surface area (Å²) in [5.74, 6) is 0. The lowest BCUT2D eigenvalue weighted by Gasteiger charge is -2.23. The smallest absolute Gasteiger partial charge is 0.292 e. The minimum Gasteiger partial charge on any atom is -0.393 e. The number of rotatable bonds is 2. The molecule has 1 heterocycles. The highest BCUT2D eigenvalue weighted by molar-refractivity contribution is 7.79. The molecule has 0 fully saturated rings. The van der Waals surface area contributed by atoms with Crippen molar-refractivity contribution in [3.8, 4) is 0 Å². The molecular weight excluding hydrogens is 238 g/mol. The zero-order valence-electron chi connectivity index (χ0n) is 9.56. The molecule has 2 rings (SSSR count). The van der Waals surface area contributed by atoms with Crippen LogP contribution in [0.2, 0.25) is 0 Å². The summed E-state index contributed by atoms with van der Waals surface area (Å²) >= 11 is 4.97. The first-order valence-corrected chi connectivity index (χ1v) is 5.65. The van der Waals surface area contributed by atoms with Crippen molar-refractivity contribution in [1.82, 2.24) is 0 Å². The molecule has 0 saturated heterocycles. The average molecular weight is 251 g/mol. The Morgan fingerprint density at radius 2 is 2.24 bits per heavy atom. The average Bonchev–Trinajstić information content (AvgIpc) is 2.48. The van der Waals surface area contributed by atoms with Gasteiger partial charge in [0.25, 0.3) is 5.69 Å². The SMILES string of the molecule is CC1(C)c2cc([N+](=O)[O-])c(N)cc2NC1C=S. The summed E-state index contributed by atoms with van der Waals surface area (Å²) in [6, 6.07) is 3.12. The Morgan fingerprint density at radius 3 is 2.76 bits per heavy atom. The van der Waals surface area contributed by atoms with Crippen molar-refractivity contribution >= 4 is 34.6 Å². The molecule has 0 aliphatic carbocycles. The highest BCUT2D eigenvalue weighted by Crippen LogP contribution is 2.43. The number of hydrogen-bond donors (Lipinski definition) is 2. The van der Waals surface area contributed by atoms with E-state index in [0.29, 0.717) is 0 Å². The quantitative estimate of drug-likeness (QED) is 0.364. The molecule has 1 aliphatic rings. The molecule has 1 aromatic carbocycles. The van der Waals surface area contributed by atoms with Crippen LogP contribution in [0.25, 0.3) is 0 Å². The number of nitrogens with one attached hydrogen (secondary N) is 1. The fraction of sp³-hybridized carbons (Fsp3) is 0.364. The number of nitrogens with zero attached hydrogens (tertiary/aromatic N) is 1. The van der Waals surface area contributed by atoms with Crippen molar-refractivity contribution in [1.29, 1.82) is 0 Å². The van der Waals surface area contributed by atoms with Gasteiger partial charge >= 0.3 is 0 Å². The van der Waals surface area contributed by atoms with E-state index in [1.54, 1.807) is 11.4 Å². The summed E-state index contributed by atoms with van der Waals surface area (Å²) in [4.78, 5) is 10.4. The molecule has 0 saturated carbocycles. The number of thiocarbonyl (C=S) groups is 1. The fourth-order valence-corrected chi connectivity index (χ4v) is 2.54. The van der Waals surface area contributed by atoms with Gasteiger partial charge in [0.05, 0.1) is 11.0 Å². The summed E-state index contributed by atoms with van der Waals surface area (Å²) in [6.07, 6.45) is 0. The molecule has 3 N–H and O–H groups in total. The fourth-order valence-electron chi connectivity index (χ4n) is 2.14. The molecule has 0 bridgehead atoms. The Balaban J connectivity index is 2.62. The van der Waals surface area contributed by atoms with Crippen LogP contribution < -0.4 is 11.1 Å². The molecule has 5 nitrogen and oxygen atoms in total. The van der Waals surface area contributed by atoms with Gasteiger partial charge in [0, 0.05) is 22.5 Å². The van der Waals surface area contributed by atoms with Crippen molar-refractivity contribution in [2.24, 2.45) is 0 Å². The van der Waals surface area contributed by atoms with Crippen LogP contribution in [-0.4, -0.2) is 16.3 Å². The lowest BCUT2D eigenvalue weighted by molar-refractivity contribution is -0.384. The lowest BCUT2D eigenvalue weighted by atomic mass is 9.81. The first-order valence-electron chi connectivity index (χ1n) is 5.18. The number of nitro groups is 1. The second-order valence-electron chi connectivity index (χ2n) is 4.69. The van der Waals surface area contributed by atoms with Gasteiger partial charge in [-0.3, -0.25) is 10.1 Å². The van der Waals surface area contributed by atoms with Crippen molar-refractivity contribution < 1.29 is 4.92 Å². The van der Waals surface area contributed by atoms with Crippen LogP contribution in [-0.2, 0) is 5.41 Å². The van der Waals surface area contributed by atoms with Crippen LogP contribution in [0.15, 0.2) is 12.1 Å². The third-order valence-corrected chi connectivity index (χ3v) is 3.55. The van der Waals surface area contributed by atoms with E-state index >= 15 is 0 Å². The number of nitrogens with two attached hydrogens (primary N) is 1. The van der Waals surface area contributed by atoms with Gasteiger partial charge in [-0.05, 0) is 11.6 Å². The summed E-state index contributed by atoms with van der Waals surface area (Å²) in [7, 11) is 0. The maximum atomic E-state index is 10.9. The summed E-state index contributed by atoms with van der Waals surface area (Å²) in [5, 5.41) is 15.7. The first kappa shape index (κ1) is 11.8. The molecule has 0 amide bonds. The maximum Gasteiger partial charge on any atom is 0.292 e. The molecule has 1 aromatic rings. The summed E-state index contributed by atoms with van der Waals surface area (Å²) in [5.41, 5.74) is 7.20. The second-order valence-corrected chi connectivity index (χ2v) is 4.97. The van der Waals surface area contributed by atoms with Crippen LogP contribution in [0.5, 0.6) is 0 Å². The minimum absolute atomic E-state index is 0.0195. The van der Waals surface area contributed by atoms with Crippen LogP contribution in [0.1, 0.15) is 19.4 Å². The zero-order valence-corrected chi connectivity index (χ0v) is 10.4. The molecule has 1 unspecified atom stereocenters. The third kappa shape index (κ3) is 1.64. The van der Waals surface area contributed by atoms with Gasteiger partial charge in [-0.25, -0.2) is 0 Å². The number of hydrogen-bond acceptors (Lipinski definition) is 5. The van der Waals surface area contributed by atoms with Gasteiger partial charge in [0.2, 0.25) is 0 Å². The molecule has 0 aromatic heterocycles.